The van der Waals surface area contributed by atoms with Gasteiger partial charge in [-0.15, -0.1) is 0 Å². The predicted molar refractivity (Wildman–Crippen MR) is 120 cm³/mol. The maximum absolute atomic E-state index is 15.1. The number of hydrogen-bond donors (Lipinski definition) is 1. The van der Waals surface area contributed by atoms with Crippen molar-refractivity contribution in [2.45, 2.75) is 24.7 Å². The van der Waals surface area contributed by atoms with Crippen LogP contribution in [0, 0.1) is 0 Å². The molecule has 4 aromatic rings. The van der Waals surface area contributed by atoms with Crippen molar-refractivity contribution in [1.29, 1.82) is 0 Å². The van der Waals surface area contributed by atoms with Gasteiger partial charge in [-0.1, -0.05) is 36.4 Å². The molecule has 8 nitrogen and oxygen atoms in total. The van der Waals surface area contributed by atoms with E-state index in [9.17, 15) is 14.7 Å². The van der Waals surface area contributed by atoms with Crippen molar-refractivity contribution in [3.63, 3.8) is 0 Å². The average Bonchev–Trinajstić information content (AvgIpc) is 3.28. The summed E-state index contributed by atoms with van der Waals surface area (Å²) < 4.78 is 17.9. The third-order valence-corrected chi connectivity index (χ3v) is 6.09. The molecule has 1 aliphatic heterocycles. The number of aromatic nitrogens is 4. The Bertz CT molecular complexity index is 1360. The Labute approximate surface area is 188 Å². The number of rotatable bonds is 4. The number of para-hydroxylation sites is 1. The minimum atomic E-state index is -1.79. The van der Waals surface area contributed by atoms with Crippen LogP contribution in [-0.4, -0.2) is 60.1 Å². The fourth-order valence-electron chi connectivity index (χ4n) is 4.18. The molecule has 0 radical (unpaired) electrons. The summed E-state index contributed by atoms with van der Waals surface area (Å²) in [5, 5.41) is 15.6. The third kappa shape index (κ3) is 3.80. The number of likely N-dealkylation sites (tertiary alicyclic amines) is 1. The van der Waals surface area contributed by atoms with Crippen molar-refractivity contribution < 1.29 is 14.3 Å². The number of carbonyl (C=O) groups is 1. The van der Waals surface area contributed by atoms with Gasteiger partial charge in [0.25, 0.3) is 11.5 Å². The van der Waals surface area contributed by atoms with Crippen molar-refractivity contribution in [2.24, 2.45) is 0 Å². The van der Waals surface area contributed by atoms with Crippen molar-refractivity contribution >= 4 is 16.9 Å². The van der Waals surface area contributed by atoms with Gasteiger partial charge in [-0.2, -0.15) is 5.10 Å². The number of benzene rings is 2. The molecule has 0 unspecified atom stereocenters. The average molecular weight is 447 g/mol. The number of hydrogen-bond acceptors (Lipinski definition) is 5. The highest BCUT2D eigenvalue weighted by atomic mass is 19.1. The SMILES string of the molecule is O=C(c1ccccc1)N1CC[C@](O)(Cn2cnc3c(cnn3-c3ccccc3)c2=O)[C@@H](F)C1. The van der Waals surface area contributed by atoms with E-state index >= 15 is 4.39 Å². The Kier molecular flexibility index (Phi) is 5.26. The van der Waals surface area contributed by atoms with E-state index in [1.807, 2.05) is 30.3 Å². The summed E-state index contributed by atoms with van der Waals surface area (Å²) in [7, 11) is 0. The first-order chi connectivity index (χ1) is 16.0. The Morgan fingerprint density at radius 3 is 2.52 bits per heavy atom. The Hall–Kier alpha value is -3.85. The molecule has 0 aliphatic carbocycles. The first-order valence-electron chi connectivity index (χ1n) is 10.7. The maximum Gasteiger partial charge on any atom is 0.264 e. The summed E-state index contributed by atoms with van der Waals surface area (Å²) in [6.07, 6.45) is 1.01. The summed E-state index contributed by atoms with van der Waals surface area (Å²) in [6.45, 7) is -0.332. The van der Waals surface area contributed by atoms with Crippen molar-refractivity contribution in [3.05, 3.63) is 89.1 Å². The Balaban J connectivity index is 1.37. The second-order valence-corrected chi connectivity index (χ2v) is 8.25. The number of carbonyl (C=O) groups excluding carboxylic acids is 1. The van der Waals surface area contributed by atoms with Gasteiger partial charge in [0, 0.05) is 12.1 Å². The minimum absolute atomic E-state index is 0.000491. The second kappa shape index (κ2) is 8.25. The van der Waals surface area contributed by atoms with Gasteiger partial charge in [0.15, 0.2) is 5.65 Å². The molecule has 2 atom stereocenters. The summed E-state index contributed by atoms with van der Waals surface area (Å²) in [6, 6.07) is 17.9. The molecular formula is C24H22FN5O3. The van der Waals surface area contributed by atoms with Gasteiger partial charge in [-0.3, -0.25) is 14.2 Å². The van der Waals surface area contributed by atoms with E-state index in [0.29, 0.717) is 11.2 Å². The predicted octanol–water partition coefficient (Wildman–Crippen LogP) is 2.20. The van der Waals surface area contributed by atoms with E-state index < -0.39 is 17.3 Å². The normalized spacial score (nSPS) is 20.8. The molecule has 0 saturated carbocycles. The lowest BCUT2D eigenvalue weighted by Crippen LogP contribution is -2.57. The summed E-state index contributed by atoms with van der Waals surface area (Å²) in [4.78, 5) is 31.4. The lowest BCUT2D eigenvalue weighted by atomic mass is 9.89. The van der Waals surface area contributed by atoms with Crippen LogP contribution < -0.4 is 5.56 Å². The van der Waals surface area contributed by atoms with Gasteiger partial charge in [0.05, 0.1) is 25.0 Å². The largest absolute Gasteiger partial charge is 0.385 e. The van der Waals surface area contributed by atoms with Crippen molar-refractivity contribution in [1.82, 2.24) is 24.2 Å². The molecule has 1 fully saturated rings. The van der Waals surface area contributed by atoms with Gasteiger partial charge >= 0.3 is 0 Å². The molecule has 0 bridgehead atoms. The number of halogens is 1. The van der Waals surface area contributed by atoms with Crippen LogP contribution in [0.3, 0.4) is 0 Å². The monoisotopic (exact) mass is 447 g/mol. The first-order valence-corrected chi connectivity index (χ1v) is 10.7. The van der Waals surface area contributed by atoms with Gasteiger partial charge in [0.1, 0.15) is 23.5 Å². The van der Waals surface area contributed by atoms with Gasteiger partial charge in [0.2, 0.25) is 0 Å². The number of amides is 1. The Morgan fingerprint density at radius 2 is 1.82 bits per heavy atom. The van der Waals surface area contributed by atoms with Crippen LogP contribution in [-0.2, 0) is 6.54 Å². The fraction of sp³-hybridized carbons (Fsp3) is 0.250. The molecule has 168 valence electrons. The van der Waals surface area contributed by atoms with Crippen LogP contribution in [0.15, 0.2) is 78.0 Å². The molecule has 33 heavy (non-hydrogen) atoms. The van der Waals surface area contributed by atoms with Crippen molar-refractivity contribution in [3.8, 4) is 5.69 Å². The van der Waals surface area contributed by atoms with E-state index in [2.05, 4.69) is 10.1 Å². The number of alkyl halides is 1. The molecule has 3 heterocycles. The molecule has 1 saturated heterocycles. The molecule has 1 amide bonds. The quantitative estimate of drug-likeness (QED) is 0.518. The minimum Gasteiger partial charge on any atom is -0.385 e. The van der Waals surface area contributed by atoms with Crippen LogP contribution >= 0.6 is 0 Å². The van der Waals surface area contributed by atoms with E-state index in [1.54, 1.807) is 35.0 Å². The second-order valence-electron chi connectivity index (χ2n) is 8.25. The highest BCUT2D eigenvalue weighted by molar-refractivity contribution is 5.94. The molecule has 2 aromatic carbocycles. The van der Waals surface area contributed by atoms with Crippen LogP contribution in [0.5, 0.6) is 0 Å². The molecule has 1 aliphatic rings. The molecule has 9 heteroatoms. The topological polar surface area (TPSA) is 93.2 Å². The number of nitrogens with zero attached hydrogens (tertiary/aromatic N) is 5. The number of aliphatic hydroxyl groups is 1. The van der Waals surface area contributed by atoms with Gasteiger partial charge < -0.3 is 10.0 Å². The van der Waals surface area contributed by atoms with E-state index in [-0.39, 0.29) is 37.3 Å². The van der Waals surface area contributed by atoms with Crippen LogP contribution in [0.2, 0.25) is 0 Å². The zero-order chi connectivity index (χ0) is 23.0. The van der Waals surface area contributed by atoms with Crippen molar-refractivity contribution in [2.75, 3.05) is 13.1 Å². The highest BCUT2D eigenvalue weighted by Gasteiger charge is 2.44. The van der Waals surface area contributed by atoms with Crippen LogP contribution in [0.4, 0.5) is 4.39 Å². The number of fused-ring (bicyclic) bond motifs is 1. The smallest absolute Gasteiger partial charge is 0.264 e. The van der Waals surface area contributed by atoms with E-state index in [1.165, 1.54) is 22.0 Å². The van der Waals surface area contributed by atoms with E-state index in [0.717, 1.165) is 5.69 Å². The summed E-state index contributed by atoms with van der Waals surface area (Å²) in [5.74, 6) is -0.283. The highest BCUT2D eigenvalue weighted by Crippen LogP contribution is 2.28. The fourth-order valence-corrected chi connectivity index (χ4v) is 4.18. The number of piperidine rings is 1. The summed E-state index contributed by atoms with van der Waals surface area (Å²) in [5.41, 5.74) is -0.589. The zero-order valence-corrected chi connectivity index (χ0v) is 17.7. The zero-order valence-electron chi connectivity index (χ0n) is 17.7. The standard InChI is InChI=1S/C24H22FN5O3/c25-20-14-28(22(31)17-7-3-1-4-8-17)12-11-24(20,33)15-29-16-26-21-19(23(29)32)13-27-30(21)18-9-5-2-6-10-18/h1-10,13,16,20,33H,11-12,14-15H2/t20-,24-/m0/s1. The molecular weight excluding hydrogens is 425 g/mol. The van der Waals surface area contributed by atoms with Crippen LogP contribution in [0.1, 0.15) is 16.8 Å². The molecule has 1 N–H and O–H groups in total. The lowest BCUT2D eigenvalue weighted by Gasteiger charge is -2.41. The molecule has 5 rings (SSSR count). The van der Waals surface area contributed by atoms with Gasteiger partial charge in [-0.25, -0.2) is 14.1 Å². The third-order valence-electron chi connectivity index (χ3n) is 6.09. The molecule has 0 spiro atoms. The first kappa shape index (κ1) is 21.0. The van der Waals surface area contributed by atoms with Gasteiger partial charge in [-0.05, 0) is 30.7 Å². The molecule has 2 aromatic heterocycles. The van der Waals surface area contributed by atoms with Crippen LogP contribution in [0.25, 0.3) is 16.7 Å². The summed E-state index contributed by atoms with van der Waals surface area (Å²) >= 11 is 0. The Morgan fingerprint density at radius 1 is 1.12 bits per heavy atom. The lowest BCUT2D eigenvalue weighted by molar-refractivity contribution is -0.0887. The van der Waals surface area contributed by atoms with E-state index in [4.69, 9.17) is 0 Å². The maximum atomic E-state index is 15.1.